The first kappa shape index (κ1) is 30.1. The van der Waals surface area contributed by atoms with Gasteiger partial charge >= 0.3 is 5.97 Å². The van der Waals surface area contributed by atoms with Crippen LogP contribution in [0.5, 0.6) is 5.75 Å². The molecule has 2 unspecified atom stereocenters. The molecule has 0 radical (unpaired) electrons. The van der Waals surface area contributed by atoms with Crippen LogP contribution in [-0.4, -0.2) is 51.3 Å². The highest BCUT2D eigenvalue weighted by atomic mass is 35.5. The summed E-state index contributed by atoms with van der Waals surface area (Å²) in [5, 5.41) is 9.73. The summed E-state index contributed by atoms with van der Waals surface area (Å²) in [6.07, 6.45) is 1.75. The highest BCUT2D eigenvalue weighted by molar-refractivity contribution is 6.30. The van der Waals surface area contributed by atoms with Crippen molar-refractivity contribution in [2.24, 2.45) is 0 Å². The number of piperidine rings is 1. The Morgan fingerprint density at radius 1 is 1.09 bits per heavy atom. The second-order valence-corrected chi connectivity index (χ2v) is 13.0. The number of rotatable bonds is 7. The maximum Gasteiger partial charge on any atom is 0.335 e. The molecule has 2 saturated heterocycles. The number of carboxylic acids is 1. The third kappa shape index (κ3) is 5.57. The van der Waals surface area contributed by atoms with Crippen molar-refractivity contribution in [2.75, 3.05) is 19.7 Å². The lowest BCUT2D eigenvalue weighted by molar-refractivity contribution is -0.105. The first-order valence-corrected chi connectivity index (χ1v) is 15.6. The van der Waals surface area contributed by atoms with Gasteiger partial charge in [-0.1, -0.05) is 29.8 Å². The number of ether oxygens (including phenoxy) is 2. The van der Waals surface area contributed by atoms with Gasteiger partial charge in [-0.15, -0.1) is 0 Å². The summed E-state index contributed by atoms with van der Waals surface area (Å²) in [6.45, 7) is 4.80. The predicted octanol–water partition coefficient (Wildman–Crippen LogP) is 7.49. The molecule has 0 bridgehead atoms. The Morgan fingerprint density at radius 2 is 1.87 bits per heavy atom. The lowest BCUT2D eigenvalue weighted by atomic mass is 9.80. The molecule has 1 aromatic heterocycles. The number of carboxylic acid groups (broad SMARTS) is 1. The number of fused-ring (bicyclic) bond motifs is 2. The van der Waals surface area contributed by atoms with Crippen molar-refractivity contribution < 1.29 is 32.5 Å². The van der Waals surface area contributed by atoms with Gasteiger partial charge in [-0.3, -0.25) is 4.90 Å². The van der Waals surface area contributed by atoms with E-state index in [4.69, 9.17) is 26.1 Å². The zero-order valence-corrected chi connectivity index (χ0v) is 25.5. The molecule has 4 heterocycles. The van der Waals surface area contributed by atoms with Crippen LogP contribution in [-0.2, 0) is 29.3 Å². The van der Waals surface area contributed by atoms with Crippen LogP contribution in [0.4, 0.5) is 13.2 Å². The van der Waals surface area contributed by atoms with Crippen LogP contribution in [0.15, 0.2) is 54.6 Å². The van der Waals surface area contributed by atoms with E-state index in [2.05, 4.69) is 9.47 Å². The SMILES string of the molecule is CC1(c2ccc(Cl)cc2F)CC(F)(F)c2cccc(C3CCN(Cc4nc5ccc(C(=O)O)cc5n4CC4CCO4)CC3)c2O1. The molecule has 4 aromatic rings. The maximum atomic E-state index is 15.7. The molecule has 3 aliphatic heterocycles. The second kappa shape index (κ2) is 11.3. The normalized spacial score (nSPS) is 23.4. The number of nitrogens with zero attached hydrogens (tertiary/aromatic N) is 3. The van der Waals surface area contributed by atoms with Crippen LogP contribution in [0.2, 0.25) is 5.02 Å². The van der Waals surface area contributed by atoms with Gasteiger partial charge in [-0.2, -0.15) is 0 Å². The molecule has 2 atom stereocenters. The molecule has 0 spiro atoms. The van der Waals surface area contributed by atoms with Crippen LogP contribution in [0, 0.1) is 5.82 Å². The van der Waals surface area contributed by atoms with E-state index in [1.54, 1.807) is 24.3 Å². The molecule has 7 rings (SSSR count). The summed E-state index contributed by atoms with van der Waals surface area (Å²) in [6, 6.07) is 13.9. The van der Waals surface area contributed by atoms with E-state index in [1.165, 1.54) is 25.1 Å². The van der Waals surface area contributed by atoms with E-state index in [0.717, 1.165) is 29.3 Å². The molecule has 0 aliphatic carbocycles. The molecule has 0 saturated carbocycles. The van der Waals surface area contributed by atoms with Crippen molar-refractivity contribution in [1.29, 1.82) is 0 Å². The first-order chi connectivity index (χ1) is 21.5. The fourth-order valence-corrected chi connectivity index (χ4v) is 7.15. The van der Waals surface area contributed by atoms with Gasteiger partial charge in [0.2, 0.25) is 0 Å². The highest BCUT2D eigenvalue weighted by Crippen LogP contribution is 2.54. The average Bonchev–Trinajstić information content (AvgIpc) is 3.30. The van der Waals surface area contributed by atoms with E-state index in [-0.39, 0.29) is 39.5 Å². The third-order valence-electron chi connectivity index (χ3n) is 9.47. The molecule has 3 aliphatic rings. The lowest BCUT2D eigenvalue weighted by Gasteiger charge is -2.42. The van der Waals surface area contributed by atoms with Gasteiger partial charge in [0, 0.05) is 17.2 Å². The number of aromatic carboxylic acids is 1. The fourth-order valence-electron chi connectivity index (χ4n) is 6.99. The maximum absolute atomic E-state index is 15.7. The summed E-state index contributed by atoms with van der Waals surface area (Å²) >= 11 is 5.94. The van der Waals surface area contributed by atoms with E-state index in [0.29, 0.717) is 51.2 Å². The molecule has 11 heteroatoms. The number of carbonyl (C=O) groups is 1. The first-order valence-electron chi connectivity index (χ1n) is 15.2. The molecule has 7 nitrogen and oxygen atoms in total. The predicted molar refractivity (Wildman–Crippen MR) is 163 cm³/mol. The van der Waals surface area contributed by atoms with Gasteiger partial charge in [-0.25, -0.2) is 22.9 Å². The molecule has 0 amide bonds. The Balaban J connectivity index is 1.12. The van der Waals surface area contributed by atoms with Crippen molar-refractivity contribution in [3.8, 4) is 5.75 Å². The Hall–Kier alpha value is -3.60. The Kier molecular flexibility index (Phi) is 7.57. The quantitative estimate of drug-likeness (QED) is 0.226. The van der Waals surface area contributed by atoms with E-state index in [9.17, 15) is 14.3 Å². The van der Waals surface area contributed by atoms with Crippen LogP contribution in [0.1, 0.15) is 71.4 Å². The monoisotopic (exact) mass is 639 g/mol. The zero-order chi connectivity index (χ0) is 31.5. The van der Waals surface area contributed by atoms with Gasteiger partial charge in [-0.05, 0) is 87.2 Å². The lowest BCUT2D eigenvalue weighted by Crippen LogP contribution is -2.42. The van der Waals surface area contributed by atoms with Crippen LogP contribution >= 0.6 is 11.6 Å². The Morgan fingerprint density at radius 3 is 2.56 bits per heavy atom. The van der Waals surface area contributed by atoms with Crippen molar-refractivity contribution >= 4 is 28.6 Å². The van der Waals surface area contributed by atoms with Gasteiger partial charge in [0.15, 0.2) is 0 Å². The van der Waals surface area contributed by atoms with Crippen molar-refractivity contribution in [2.45, 2.75) is 69.2 Å². The minimum absolute atomic E-state index is 0.0234. The van der Waals surface area contributed by atoms with E-state index in [1.807, 2.05) is 6.07 Å². The molecule has 45 heavy (non-hydrogen) atoms. The highest BCUT2D eigenvalue weighted by Gasteiger charge is 2.51. The minimum atomic E-state index is -3.21. The van der Waals surface area contributed by atoms with E-state index >= 15 is 8.78 Å². The molecule has 236 valence electrons. The van der Waals surface area contributed by atoms with Crippen molar-refractivity contribution in [3.63, 3.8) is 0 Å². The van der Waals surface area contributed by atoms with Crippen LogP contribution in [0.25, 0.3) is 11.0 Å². The number of halogens is 4. The Bertz CT molecular complexity index is 1780. The van der Waals surface area contributed by atoms with Gasteiger partial charge in [0.1, 0.15) is 23.0 Å². The topological polar surface area (TPSA) is 76.8 Å². The standard InChI is InChI=1S/C34H33ClF3N3O4/c1-33(25-7-6-22(35)16-27(25)36)19-34(37,38)26-4-2-3-24(31(26)45-33)20-9-12-40(13-10-20)18-30-39-28-8-5-21(32(42)43)15-29(28)41(30)17-23-11-14-44-23/h2-8,15-16,20,23H,9-14,17-19H2,1H3,(H,42,43). The second-order valence-electron chi connectivity index (χ2n) is 12.5. The summed E-state index contributed by atoms with van der Waals surface area (Å²) in [5.74, 6) is -3.93. The number of hydrogen-bond acceptors (Lipinski definition) is 5. The van der Waals surface area contributed by atoms with Gasteiger partial charge < -0.3 is 19.1 Å². The summed E-state index contributed by atoms with van der Waals surface area (Å²) in [4.78, 5) is 18.8. The third-order valence-corrected chi connectivity index (χ3v) is 9.71. The van der Waals surface area contributed by atoms with Crippen LogP contribution < -0.4 is 4.74 Å². The van der Waals surface area contributed by atoms with Crippen LogP contribution in [0.3, 0.4) is 0 Å². The number of benzene rings is 3. The molecule has 3 aromatic carbocycles. The largest absolute Gasteiger partial charge is 0.482 e. The van der Waals surface area contributed by atoms with Crippen molar-refractivity contribution in [3.05, 3.63) is 93.5 Å². The summed E-state index contributed by atoms with van der Waals surface area (Å²) in [5.41, 5.74) is 0.727. The number of imidazole rings is 1. The molecule has 1 N–H and O–H groups in total. The number of likely N-dealkylation sites (tertiary alicyclic amines) is 1. The number of para-hydroxylation sites is 1. The van der Waals surface area contributed by atoms with Gasteiger partial charge in [0.25, 0.3) is 5.92 Å². The fraction of sp³-hybridized carbons (Fsp3) is 0.412. The zero-order valence-electron chi connectivity index (χ0n) is 24.7. The minimum Gasteiger partial charge on any atom is -0.482 e. The molecular formula is C34H33ClF3N3O4. The molecular weight excluding hydrogens is 607 g/mol. The molecule has 2 fully saturated rings. The van der Waals surface area contributed by atoms with E-state index < -0.39 is 29.7 Å². The van der Waals surface area contributed by atoms with Crippen molar-refractivity contribution in [1.82, 2.24) is 14.5 Å². The summed E-state index contributed by atoms with van der Waals surface area (Å²) < 4.78 is 60.4. The smallest absolute Gasteiger partial charge is 0.335 e. The number of aromatic nitrogens is 2. The summed E-state index contributed by atoms with van der Waals surface area (Å²) in [7, 11) is 0. The van der Waals surface area contributed by atoms with Gasteiger partial charge in [0.05, 0.1) is 47.8 Å². The number of hydrogen-bond donors (Lipinski definition) is 1. The Labute approximate surface area is 263 Å². The number of alkyl halides is 2. The average molecular weight is 640 g/mol.